The number of rotatable bonds is 8. The minimum Gasteiger partial charge on any atom is -0.550 e. The number of nitrogens with zero attached hydrogens (tertiary/aromatic N) is 4. The lowest BCUT2D eigenvalue weighted by molar-refractivity contribution is 0.454. The van der Waals surface area contributed by atoms with Crippen molar-refractivity contribution in [2.45, 2.75) is 6.92 Å². The van der Waals surface area contributed by atoms with Gasteiger partial charge in [0.1, 0.15) is 34.5 Å². The highest BCUT2D eigenvalue weighted by Crippen LogP contribution is 2.51. The number of hydrogen-bond acceptors (Lipinski definition) is 8. The molecule has 0 unspecified atom stereocenters. The first-order valence-corrected chi connectivity index (χ1v) is 26.0. The van der Waals surface area contributed by atoms with Gasteiger partial charge in [0.15, 0.2) is 0 Å². The molecule has 0 radical (unpaired) electrons. The van der Waals surface area contributed by atoms with Crippen molar-refractivity contribution in [1.29, 1.82) is 0 Å². The van der Waals surface area contributed by atoms with Crippen LogP contribution in [0.5, 0.6) is 34.5 Å². The molecule has 11 aromatic carbocycles. The monoisotopic (exact) mass is 992 g/mol. The van der Waals surface area contributed by atoms with E-state index in [-0.39, 0.29) is 0 Å². The largest absolute Gasteiger partial charge is 0.550 e. The molecule has 0 spiro atoms. The molecule has 4 aliphatic rings. The predicted molar refractivity (Wildman–Crippen MR) is 314 cm³/mol. The van der Waals surface area contributed by atoms with E-state index < -0.39 is 13.8 Å². The zero-order chi connectivity index (χ0) is 51.0. The third-order valence-electron chi connectivity index (χ3n) is 15.0. The van der Waals surface area contributed by atoms with Crippen molar-refractivity contribution in [3.8, 4) is 34.5 Å². The number of para-hydroxylation sites is 10. The first-order chi connectivity index (χ1) is 38.1. The minimum absolute atomic E-state index is 0.606. The average molecular weight is 993 g/mol. The van der Waals surface area contributed by atoms with E-state index in [1.165, 1.54) is 0 Å². The number of hydrogen-bond donors (Lipinski definition) is 0. The molecular weight excluding hydrogens is 946 g/mol. The van der Waals surface area contributed by atoms with E-state index >= 15 is 0 Å². The first-order valence-electron chi connectivity index (χ1n) is 26.0. The summed E-state index contributed by atoms with van der Waals surface area (Å²) in [6.45, 7) is 0.892. The molecular formula is C67H46B2N4O4. The number of fused-ring (bicyclic) bond motifs is 6. The zero-order valence-corrected chi connectivity index (χ0v) is 41.9. The van der Waals surface area contributed by atoms with Crippen LogP contribution in [0.2, 0.25) is 0 Å². The summed E-state index contributed by atoms with van der Waals surface area (Å²) in [5.41, 5.74) is 16.0. The summed E-state index contributed by atoms with van der Waals surface area (Å²) < 4.78 is 29.9. The molecule has 0 bridgehead atoms. The van der Waals surface area contributed by atoms with Crippen LogP contribution < -0.4 is 60.2 Å². The van der Waals surface area contributed by atoms with E-state index in [2.05, 4.69) is 275 Å². The van der Waals surface area contributed by atoms with Gasteiger partial charge in [0.05, 0.1) is 34.1 Å². The summed E-state index contributed by atoms with van der Waals surface area (Å²) in [5, 5.41) is 0. The highest BCUT2D eigenvalue weighted by Gasteiger charge is 2.48. The first kappa shape index (κ1) is 44.4. The molecule has 10 heteroatoms. The highest BCUT2D eigenvalue weighted by molar-refractivity contribution is 6.87. The second-order valence-electron chi connectivity index (χ2n) is 19.6. The molecule has 0 aromatic heterocycles. The van der Waals surface area contributed by atoms with Crippen molar-refractivity contribution in [2.24, 2.45) is 0 Å². The molecule has 364 valence electrons. The Morgan fingerprint density at radius 2 is 0.636 bits per heavy atom. The molecule has 0 aliphatic carbocycles. The molecule has 15 rings (SSSR count). The second-order valence-corrected chi connectivity index (χ2v) is 19.6. The van der Waals surface area contributed by atoms with E-state index in [4.69, 9.17) is 18.8 Å². The third-order valence-corrected chi connectivity index (χ3v) is 15.0. The fourth-order valence-corrected chi connectivity index (χ4v) is 11.7. The second kappa shape index (κ2) is 18.1. The summed E-state index contributed by atoms with van der Waals surface area (Å²) in [4.78, 5) is 9.20. The van der Waals surface area contributed by atoms with E-state index in [9.17, 15) is 0 Å². The Morgan fingerprint density at radius 3 is 1.00 bits per heavy atom. The van der Waals surface area contributed by atoms with Gasteiger partial charge in [0.25, 0.3) is 0 Å². The topological polar surface area (TPSA) is 49.9 Å². The maximum atomic E-state index is 7.49. The van der Waals surface area contributed by atoms with Crippen LogP contribution in [0.15, 0.2) is 261 Å². The lowest BCUT2D eigenvalue weighted by atomic mass is 9.48. The van der Waals surface area contributed by atoms with Crippen LogP contribution in [0.4, 0.5) is 68.2 Å². The summed E-state index contributed by atoms with van der Waals surface area (Å²) in [6, 6.07) is 90.8. The fourth-order valence-electron chi connectivity index (χ4n) is 11.7. The van der Waals surface area contributed by atoms with Crippen LogP contribution >= 0.6 is 0 Å². The Morgan fingerprint density at radius 1 is 0.312 bits per heavy atom. The third kappa shape index (κ3) is 7.32. The van der Waals surface area contributed by atoms with E-state index in [1.807, 2.05) is 12.1 Å². The van der Waals surface area contributed by atoms with Gasteiger partial charge in [-0.15, -0.1) is 0 Å². The van der Waals surface area contributed by atoms with E-state index in [0.29, 0.717) is 23.0 Å². The minimum atomic E-state index is -0.606. The van der Waals surface area contributed by atoms with Crippen molar-refractivity contribution in [3.63, 3.8) is 0 Å². The maximum absolute atomic E-state index is 7.49. The maximum Gasteiger partial charge on any atom is 0.436 e. The van der Waals surface area contributed by atoms with Crippen molar-refractivity contribution in [1.82, 2.24) is 0 Å². The van der Waals surface area contributed by atoms with Crippen LogP contribution in [0.3, 0.4) is 0 Å². The van der Waals surface area contributed by atoms with Crippen molar-refractivity contribution < 1.29 is 18.8 Å². The molecule has 11 aromatic rings. The standard InChI is InChI=1S/C67H46B2N4O4/c1-45-66-54(68-64-58(72(50-32-16-6-17-33-50)56-36-20-22-38-60(56)76-68)40-52(42-62(64)74-66)70(46-24-8-2-9-25-46)47-26-10-3-11-27-47)44-55-67(45)75-63-43-53(71(48-28-12-4-13-29-48)49-30-14-5-15-31-49)41-59-65(63)69(55)77-61-39-23-21-37-57(61)73(59)51-34-18-7-19-35-51/h2-44H,1H3. The summed E-state index contributed by atoms with van der Waals surface area (Å²) in [5.74, 6) is 4.21. The number of benzene rings is 11. The molecule has 0 N–H and O–H groups in total. The van der Waals surface area contributed by atoms with Crippen LogP contribution in [0.25, 0.3) is 0 Å². The molecule has 4 heterocycles. The Bertz CT molecular complexity index is 3710. The quantitative estimate of drug-likeness (QED) is 0.140. The van der Waals surface area contributed by atoms with Gasteiger partial charge in [-0.05, 0) is 116 Å². The molecule has 4 aliphatic heterocycles. The van der Waals surface area contributed by atoms with Crippen LogP contribution in [-0.4, -0.2) is 13.8 Å². The smallest absolute Gasteiger partial charge is 0.436 e. The number of ether oxygens (including phenoxy) is 2. The normalized spacial score (nSPS) is 13.1. The lowest BCUT2D eigenvalue weighted by Gasteiger charge is -2.35. The van der Waals surface area contributed by atoms with Gasteiger partial charge in [-0.3, -0.25) is 0 Å². The van der Waals surface area contributed by atoms with Crippen LogP contribution in [-0.2, 0) is 0 Å². The molecule has 8 nitrogen and oxygen atoms in total. The molecule has 0 atom stereocenters. The summed E-state index contributed by atoms with van der Waals surface area (Å²) >= 11 is 0. The van der Waals surface area contributed by atoms with Gasteiger partial charge in [0, 0.05) is 73.7 Å². The average Bonchev–Trinajstić information content (AvgIpc) is 3.86. The molecule has 0 amide bonds. The Kier molecular flexibility index (Phi) is 10.5. The summed E-state index contributed by atoms with van der Waals surface area (Å²) in [7, 11) is 0. The van der Waals surface area contributed by atoms with Gasteiger partial charge in [-0.2, -0.15) is 0 Å². The van der Waals surface area contributed by atoms with Crippen molar-refractivity contribution in [3.05, 3.63) is 266 Å². The highest BCUT2D eigenvalue weighted by atomic mass is 16.5. The van der Waals surface area contributed by atoms with E-state index in [0.717, 1.165) is 107 Å². The predicted octanol–water partition coefficient (Wildman–Crippen LogP) is 15.1. The van der Waals surface area contributed by atoms with Crippen LogP contribution in [0, 0.1) is 6.92 Å². The Balaban J connectivity index is 0.979. The van der Waals surface area contributed by atoms with Gasteiger partial charge in [-0.25, -0.2) is 0 Å². The number of anilines is 12. The van der Waals surface area contributed by atoms with Crippen molar-refractivity contribution >= 4 is 104 Å². The van der Waals surface area contributed by atoms with Crippen LogP contribution in [0.1, 0.15) is 5.56 Å². The van der Waals surface area contributed by atoms with Crippen molar-refractivity contribution in [2.75, 3.05) is 19.6 Å². The fraction of sp³-hybridized carbons (Fsp3) is 0.0149. The molecule has 77 heavy (non-hydrogen) atoms. The zero-order valence-electron chi connectivity index (χ0n) is 41.9. The van der Waals surface area contributed by atoms with Gasteiger partial charge < -0.3 is 38.4 Å². The summed E-state index contributed by atoms with van der Waals surface area (Å²) in [6.07, 6.45) is 0. The SMILES string of the molecule is Cc1c2c(cc3c1Oc1cc(N(c4ccccc4)c4ccccc4)cc4c1B3Oc1ccccc1N4c1ccccc1)B1Oc3ccccc3N(c3ccccc3)c3cc(N(c4ccccc4)c4ccccc4)cc(c31)O2. The van der Waals surface area contributed by atoms with Gasteiger partial charge >= 0.3 is 13.8 Å². The Labute approximate surface area is 448 Å². The Hall–Kier alpha value is -10.1. The van der Waals surface area contributed by atoms with E-state index in [1.54, 1.807) is 0 Å². The van der Waals surface area contributed by atoms with Gasteiger partial charge in [-0.1, -0.05) is 140 Å². The molecule has 0 saturated carbocycles. The lowest BCUT2D eigenvalue weighted by Crippen LogP contribution is -2.57. The molecule has 0 saturated heterocycles. The molecule has 0 fully saturated rings. The van der Waals surface area contributed by atoms with Gasteiger partial charge in [0.2, 0.25) is 0 Å².